The number of benzene rings is 3. The van der Waals surface area contributed by atoms with E-state index in [2.05, 4.69) is 19.8 Å². The van der Waals surface area contributed by atoms with E-state index >= 15 is 0 Å². The number of carbonyl (C=O) groups is 1. The van der Waals surface area contributed by atoms with Crippen LogP contribution in [0.4, 0.5) is 17.1 Å². The third-order valence-corrected chi connectivity index (χ3v) is 8.72. The van der Waals surface area contributed by atoms with Crippen molar-refractivity contribution in [2.75, 3.05) is 48.4 Å². The third kappa shape index (κ3) is 5.95. The van der Waals surface area contributed by atoms with E-state index in [0.29, 0.717) is 24.5 Å². The van der Waals surface area contributed by atoms with Crippen molar-refractivity contribution in [3.05, 3.63) is 78.4 Å². The van der Waals surface area contributed by atoms with Crippen molar-refractivity contribution in [1.29, 1.82) is 0 Å². The molecule has 1 aliphatic heterocycles. The lowest BCUT2D eigenvalue weighted by Gasteiger charge is -2.38. The third-order valence-electron chi connectivity index (χ3n) is 7.15. The molecule has 1 aliphatic carbocycles. The summed E-state index contributed by atoms with van der Waals surface area (Å²) in [4.78, 5) is 17.0. The number of sulfonamides is 1. The van der Waals surface area contributed by atoms with Crippen molar-refractivity contribution < 1.29 is 17.9 Å². The minimum absolute atomic E-state index is 0.0250. The largest absolute Gasteiger partial charge is 0.497 e. The molecule has 3 aromatic rings. The number of ether oxygens (including phenoxy) is 1. The Labute approximate surface area is 224 Å². The summed E-state index contributed by atoms with van der Waals surface area (Å²) < 4.78 is 35.6. The maximum Gasteiger partial charge on any atom is 0.243 e. The second-order valence-corrected chi connectivity index (χ2v) is 11.6. The van der Waals surface area contributed by atoms with Crippen molar-refractivity contribution in [3.63, 3.8) is 0 Å². The monoisotopic (exact) mass is 534 g/mol. The fraction of sp³-hybridized carbons (Fsp3) is 0.345. The maximum atomic E-state index is 13.7. The first-order valence-corrected chi connectivity index (χ1v) is 14.5. The van der Waals surface area contributed by atoms with Crippen LogP contribution in [0.1, 0.15) is 31.4 Å². The van der Waals surface area contributed by atoms with Crippen molar-refractivity contribution in [1.82, 2.24) is 4.72 Å². The standard InChI is InChI=1S/C29H34N4O4S/c1-21(22-6-4-3-5-7-22)31-38(35,36)28-20-24(30-29(34)23-8-9-23)10-15-27(28)33-18-16-32(17-19-33)25-11-13-26(37-2)14-12-25/h3-7,10-15,20-21,23,31H,8-9,16-19H2,1-2H3,(H,30,34)/t21-/m1/s1. The van der Waals surface area contributed by atoms with E-state index in [-0.39, 0.29) is 16.7 Å². The van der Waals surface area contributed by atoms with E-state index in [0.717, 1.165) is 42.9 Å². The van der Waals surface area contributed by atoms with E-state index in [1.165, 1.54) is 0 Å². The van der Waals surface area contributed by atoms with Gasteiger partial charge >= 0.3 is 0 Å². The van der Waals surface area contributed by atoms with E-state index in [4.69, 9.17) is 4.74 Å². The average Bonchev–Trinajstić information content (AvgIpc) is 3.79. The van der Waals surface area contributed by atoms with Crippen LogP contribution in [0.3, 0.4) is 0 Å². The Balaban J connectivity index is 1.38. The van der Waals surface area contributed by atoms with Crippen LogP contribution in [0.5, 0.6) is 5.75 Å². The zero-order valence-corrected chi connectivity index (χ0v) is 22.6. The molecular weight excluding hydrogens is 500 g/mol. The average molecular weight is 535 g/mol. The number of anilines is 3. The van der Waals surface area contributed by atoms with Crippen LogP contribution in [0.2, 0.25) is 0 Å². The highest BCUT2D eigenvalue weighted by Crippen LogP contribution is 2.34. The van der Waals surface area contributed by atoms with Gasteiger partial charge in [0.25, 0.3) is 0 Å². The molecule has 0 unspecified atom stereocenters. The molecule has 0 spiro atoms. The summed E-state index contributed by atoms with van der Waals surface area (Å²) in [6, 6.07) is 22.2. The highest BCUT2D eigenvalue weighted by Gasteiger charge is 2.31. The molecule has 9 heteroatoms. The molecule has 1 saturated heterocycles. The highest BCUT2D eigenvalue weighted by molar-refractivity contribution is 7.89. The molecule has 3 aromatic carbocycles. The highest BCUT2D eigenvalue weighted by atomic mass is 32.2. The number of methoxy groups -OCH3 is 1. The van der Waals surface area contributed by atoms with Crippen LogP contribution < -0.4 is 24.6 Å². The lowest BCUT2D eigenvalue weighted by Crippen LogP contribution is -2.47. The minimum Gasteiger partial charge on any atom is -0.497 e. The molecule has 1 heterocycles. The molecule has 2 N–H and O–H groups in total. The van der Waals surface area contributed by atoms with Gasteiger partial charge < -0.3 is 19.9 Å². The van der Waals surface area contributed by atoms with Gasteiger partial charge in [-0.15, -0.1) is 0 Å². The molecule has 2 fully saturated rings. The topological polar surface area (TPSA) is 91.0 Å². The Kier molecular flexibility index (Phi) is 7.58. The predicted molar refractivity (Wildman–Crippen MR) is 150 cm³/mol. The normalized spacial score (nSPS) is 16.7. The minimum atomic E-state index is -3.89. The molecule has 200 valence electrons. The maximum absolute atomic E-state index is 13.7. The molecule has 5 rings (SSSR count). The molecule has 38 heavy (non-hydrogen) atoms. The Bertz CT molecular complexity index is 1370. The van der Waals surface area contributed by atoms with Gasteiger partial charge in [0.05, 0.1) is 12.8 Å². The summed E-state index contributed by atoms with van der Waals surface area (Å²) in [5.74, 6) is 0.783. The van der Waals surface area contributed by atoms with E-state index < -0.39 is 16.1 Å². The first-order valence-electron chi connectivity index (χ1n) is 13.0. The first kappa shape index (κ1) is 26.1. The molecule has 1 saturated carbocycles. The fourth-order valence-corrected chi connectivity index (χ4v) is 6.25. The van der Waals surface area contributed by atoms with Crippen molar-refractivity contribution >= 4 is 33.0 Å². The van der Waals surface area contributed by atoms with Crippen LogP contribution in [-0.4, -0.2) is 47.6 Å². The van der Waals surface area contributed by atoms with Crippen LogP contribution in [0, 0.1) is 5.92 Å². The number of hydrogen-bond acceptors (Lipinski definition) is 6. The second-order valence-electron chi connectivity index (χ2n) is 9.87. The summed E-state index contributed by atoms with van der Waals surface area (Å²) >= 11 is 0. The molecule has 2 aliphatic rings. The fourth-order valence-electron chi connectivity index (χ4n) is 4.76. The van der Waals surface area contributed by atoms with Crippen molar-refractivity contribution in [2.45, 2.75) is 30.7 Å². The lowest BCUT2D eigenvalue weighted by atomic mass is 10.1. The number of rotatable bonds is 9. The Morgan fingerprint density at radius 1 is 0.921 bits per heavy atom. The van der Waals surface area contributed by atoms with Crippen LogP contribution in [-0.2, 0) is 14.8 Å². The molecule has 0 bridgehead atoms. The van der Waals surface area contributed by atoms with Gasteiger partial charge in [-0.2, -0.15) is 0 Å². The zero-order valence-electron chi connectivity index (χ0n) is 21.8. The van der Waals surface area contributed by atoms with Crippen LogP contribution in [0.25, 0.3) is 0 Å². The first-order chi connectivity index (χ1) is 18.3. The zero-order chi connectivity index (χ0) is 26.7. The summed E-state index contributed by atoms with van der Waals surface area (Å²) in [6.07, 6.45) is 1.76. The molecule has 0 radical (unpaired) electrons. The van der Waals surface area contributed by atoms with E-state index in [9.17, 15) is 13.2 Å². The predicted octanol–water partition coefficient (Wildman–Crippen LogP) is 4.41. The number of amides is 1. The SMILES string of the molecule is COc1ccc(N2CCN(c3ccc(NC(=O)C4CC4)cc3S(=O)(=O)N[C@H](C)c3ccccc3)CC2)cc1. The number of carbonyl (C=O) groups excluding carboxylic acids is 1. The van der Waals surface area contributed by atoms with E-state index in [1.807, 2.05) is 67.6 Å². The Morgan fingerprint density at radius 3 is 2.21 bits per heavy atom. The van der Waals surface area contributed by atoms with Gasteiger partial charge in [-0.1, -0.05) is 30.3 Å². The number of nitrogens with one attached hydrogen (secondary N) is 2. The van der Waals surface area contributed by atoms with Crippen LogP contribution in [0.15, 0.2) is 77.7 Å². The Morgan fingerprint density at radius 2 is 1.58 bits per heavy atom. The molecule has 1 atom stereocenters. The van der Waals surface area contributed by atoms with Gasteiger partial charge in [-0.3, -0.25) is 4.79 Å². The van der Waals surface area contributed by atoms with Crippen molar-refractivity contribution in [2.24, 2.45) is 5.92 Å². The smallest absolute Gasteiger partial charge is 0.243 e. The number of hydrogen-bond donors (Lipinski definition) is 2. The molecular formula is C29H34N4O4S. The van der Waals surface area contributed by atoms with Gasteiger partial charge in [0.2, 0.25) is 15.9 Å². The quantitative estimate of drug-likeness (QED) is 0.423. The summed E-state index contributed by atoms with van der Waals surface area (Å²) in [6.45, 7) is 4.66. The van der Waals surface area contributed by atoms with E-state index in [1.54, 1.807) is 19.2 Å². The van der Waals surface area contributed by atoms with Gasteiger partial charge in [0.15, 0.2) is 0 Å². The van der Waals surface area contributed by atoms with Gasteiger partial charge in [-0.25, -0.2) is 13.1 Å². The second kappa shape index (κ2) is 11.0. The molecule has 8 nitrogen and oxygen atoms in total. The Hall–Kier alpha value is -3.56. The molecule has 1 amide bonds. The van der Waals surface area contributed by atoms with Gasteiger partial charge in [0, 0.05) is 49.5 Å². The molecule has 0 aromatic heterocycles. The van der Waals surface area contributed by atoms with Gasteiger partial charge in [0.1, 0.15) is 10.6 Å². The summed E-state index contributed by atoms with van der Waals surface area (Å²) in [5.41, 5.74) is 3.12. The van der Waals surface area contributed by atoms with Gasteiger partial charge in [-0.05, 0) is 67.8 Å². The summed E-state index contributed by atoms with van der Waals surface area (Å²) in [5, 5.41) is 2.90. The lowest BCUT2D eigenvalue weighted by molar-refractivity contribution is -0.117. The number of nitrogens with zero attached hydrogens (tertiary/aromatic N) is 2. The van der Waals surface area contributed by atoms with Crippen molar-refractivity contribution in [3.8, 4) is 5.75 Å². The van der Waals surface area contributed by atoms with Crippen LogP contribution >= 0.6 is 0 Å². The number of piperazine rings is 1. The summed E-state index contributed by atoms with van der Waals surface area (Å²) in [7, 11) is -2.24.